The van der Waals surface area contributed by atoms with Gasteiger partial charge >= 0.3 is 6.18 Å². The highest BCUT2D eigenvalue weighted by atomic mass is 32.1. The number of alkyl halides is 3. The molecule has 2 aromatic heterocycles. The number of carbonyl (C=O) groups excluding carboxylic acids is 1. The average Bonchev–Trinajstić information content (AvgIpc) is 2.99. The fourth-order valence-corrected chi connectivity index (χ4v) is 3.91. The number of amides is 1. The van der Waals surface area contributed by atoms with E-state index < -0.39 is 11.7 Å². The number of carbonyl (C=O) groups is 1. The number of para-hydroxylation sites is 1. The number of benzene rings is 1. The molecule has 0 bridgehead atoms. The fourth-order valence-electron chi connectivity index (χ4n) is 2.92. The second kappa shape index (κ2) is 8.86. The van der Waals surface area contributed by atoms with Crippen molar-refractivity contribution in [1.29, 1.82) is 0 Å². The quantitative estimate of drug-likeness (QED) is 0.570. The lowest BCUT2D eigenvalue weighted by atomic mass is 10.2. The molecule has 2 heterocycles. The monoisotopic (exact) mass is 439 g/mol. The predicted octanol–water partition coefficient (Wildman–Crippen LogP) is 3.68. The van der Waals surface area contributed by atoms with E-state index in [-0.39, 0.29) is 43.3 Å². The maximum atomic E-state index is 12.9. The molecular formula is C20H20F3N3O3S. The van der Waals surface area contributed by atoms with Gasteiger partial charge in [0.15, 0.2) is 0 Å². The van der Waals surface area contributed by atoms with E-state index in [4.69, 9.17) is 4.74 Å². The number of hydrogen-bond donors (Lipinski definition) is 1. The topological polar surface area (TPSA) is 73.2 Å². The van der Waals surface area contributed by atoms with E-state index in [1.807, 2.05) is 13.8 Å². The Morgan fingerprint density at radius 1 is 1.27 bits per heavy atom. The van der Waals surface area contributed by atoms with Gasteiger partial charge in [0, 0.05) is 17.8 Å². The second-order valence-electron chi connectivity index (χ2n) is 6.65. The van der Waals surface area contributed by atoms with Crippen LogP contribution in [0.4, 0.5) is 13.2 Å². The summed E-state index contributed by atoms with van der Waals surface area (Å²) in [7, 11) is 0. The minimum absolute atomic E-state index is 0.0361. The van der Waals surface area contributed by atoms with Crippen molar-refractivity contribution in [2.24, 2.45) is 0 Å². The Morgan fingerprint density at radius 2 is 2.00 bits per heavy atom. The highest BCUT2D eigenvalue weighted by Gasteiger charge is 2.33. The zero-order chi connectivity index (χ0) is 21.9. The van der Waals surface area contributed by atoms with Crippen LogP contribution in [0.3, 0.4) is 0 Å². The lowest BCUT2D eigenvalue weighted by molar-refractivity contribution is -0.139. The van der Waals surface area contributed by atoms with Gasteiger partial charge in [0.1, 0.15) is 17.2 Å². The minimum atomic E-state index is -4.51. The average molecular weight is 439 g/mol. The smallest absolute Gasteiger partial charge is 0.419 e. The molecule has 1 amide bonds. The zero-order valence-electron chi connectivity index (χ0n) is 16.4. The molecule has 10 heteroatoms. The summed E-state index contributed by atoms with van der Waals surface area (Å²) >= 11 is 1.45. The molecule has 1 aromatic carbocycles. The predicted molar refractivity (Wildman–Crippen MR) is 108 cm³/mol. The molecule has 1 N–H and O–H groups in total. The van der Waals surface area contributed by atoms with Gasteiger partial charge in [-0.1, -0.05) is 12.1 Å². The number of thiophene rings is 1. The van der Waals surface area contributed by atoms with Gasteiger partial charge in [0.2, 0.25) is 5.91 Å². The molecule has 0 spiro atoms. The molecule has 0 unspecified atom stereocenters. The van der Waals surface area contributed by atoms with Gasteiger partial charge in [-0.05, 0) is 31.5 Å². The van der Waals surface area contributed by atoms with Crippen molar-refractivity contribution in [3.8, 4) is 5.75 Å². The number of nitrogens with zero attached hydrogens (tertiary/aromatic N) is 2. The molecule has 6 nitrogen and oxygen atoms in total. The van der Waals surface area contributed by atoms with E-state index in [9.17, 15) is 22.8 Å². The second-order valence-corrected chi connectivity index (χ2v) is 7.85. The van der Waals surface area contributed by atoms with Crippen LogP contribution in [0.1, 0.15) is 22.4 Å². The molecule has 0 atom stereocenters. The first-order chi connectivity index (χ1) is 14.2. The molecule has 0 fully saturated rings. The molecule has 0 radical (unpaired) electrons. The number of aryl methyl sites for hydroxylation is 3. The number of halogens is 3. The van der Waals surface area contributed by atoms with Crippen molar-refractivity contribution in [2.45, 2.75) is 33.0 Å². The Kier molecular flexibility index (Phi) is 6.45. The van der Waals surface area contributed by atoms with Crippen LogP contribution in [0.5, 0.6) is 5.75 Å². The van der Waals surface area contributed by atoms with Crippen molar-refractivity contribution in [1.82, 2.24) is 14.9 Å². The van der Waals surface area contributed by atoms with Crippen molar-refractivity contribution >= 4 is 27.5 Å². The molecule has 3 aromatic rings. The number of rotatable bonds is 7. The maximum absolute atomic E-state index is 12.9. The molecule has 0 aliphatic rings. The molecule has 0 saturated carbocycles. The van der Waals surface area contributed by atoms with E-state index in [2.05, 4.69) is 10.3 Å². The lowest BCUT2D eigenvalue weighted by Crippen LogP contribution is -2.30. The van der Waals surface area contributed by atoms with Crippen LogP contribution in [0.2, 0.25) is 0 Å². The normalized spacial score (nSPS) is 11.6. The van der Waals surface area contributed by atoms with Gasteiger partial charge in [0.05, 0.1) is 23.8 Å². The first-order valence-corrected chi connectivity index (χ1v) is 10.0. The molecule has 3 rings (SSSR count). The molecule has 30 heavy (non-hydrogen) atoms. The van der Waals surface area contributed by atoms with Gasteiger partial charge in [-0.15, -0.1) is 11.3 Å². The Balaban J connectivity index is 1.51. The summed E-state index contributed by atoms with van der Waals surface area (Å²) in [5.74, 6) is -0.625. The Bertz CT molecular complexity index is 1120. The third kappa shape index (κ3) is 4.81. The lowest BCUT2D eigenvalue weighted by Gasteiger charge is -2.14. The molecule has 0 aliphatic heterocycles. The maximum Gasteiger partial charge on any atom is 0.419 e. The molecule has 0 saturated heterocycles. The van der Waals surface area contributed by atoms with Gasteiger partial charge < -0.3 is 10.1 Å². The van der Waals surface area contributed by atoms with E-state index in [0.717, 1.165) is 16.5 Å². The van der Waals surface area contributed by atoms with Crippen LogP contribution in [0.25, 0.3) is 10.2 Å². The van der Waals surface area contributed by atoms with Crippen molar-refractivity contribution < 1.29 is 22.7 Å². The van der Waals surface area contributed by atoms with Crippen molar-refractivity contribution in [3.63, 3.8) is 0 Å². The standard InChI is InChI=1S/C20H20F3N3O3S/c1-12-13(2)30-18-17(12)19(28)26(11-25-18)9-7-16(27)24-8-10-29-15-6-4-3-5-14(15)20(21,22)23/h3-6,11H,7-10H2,1-2H3,(H,24,27). The van der Waals surface area contributed by atoms with Crippen LogP contribution < -0.4 is 15.6 Å². The van der Waals surface area contributed by atoms with Gasteiger partial charge in [-0.25, -0.2) is 4.98 Å². The van der Waals surface area contributed by atoms with Crippen LogP contribution in [-0.2, 0) is 17.5 Å². The molecule has 0 aliphatic carbocycles. The fraction of sp³-hybridized carbons (Fsp3) is 0.350. The molecule has 160 valence electrons. The summed E-state index contributed by atoms with van der Waals surface area (Å²) in [5, 5.41) is 3.14. The third-order valence-corrected chi connectivity index (χ3v) is 5.73. The summed E-state index contributed by atoms with van der Waals surface area (Å²) in [5.41, 5.74) is -0.165. The SMILES string of the molecule is Cc1sc2ncn(CCC(=O)NCCOc3ccccc3C(F)(F)F)c(=O)c2c1C. The third-order valence-electron chi connectivity index (χ3n) is 4.61. The number of ether oxygens (including phenoxy) is 1. The van der Waals surface area contributed by atoms with E-state index in [1.54, 1.807) is 0 Å². The molecular weight excluding hydrogens is 419 g/mol. The van der Waals surface area contributed by atoms with Gasteiger partial charge in [0.25, 0.3) is 5.56 Å². The summed E-state index contributed by atoms with van der Waals surface area (Å²) in [6, 6.07) is 4.90. The summed E-state index contributed by atoms with van der Waals surface area (Å²) in [6.07, 6.45) is -3.06. The van der Waals surface area contributed by atoms with Crippen LogP contribution in [-0.4, -0.2) is 28.6 Å². The highest BCUT2D eigenvalue weighted by Crippen LogP contribution is 2.35. The van der Waals surface area contributed by atoms with Crippen LogP contribution in [0, 0.1) is 13.8 Å². The number of fused-ring (bicyclic) bond motifs is 1. The Labute approximate surface area is 174 Å². The van der Waals surface area contributed by atoms with Gasteiger partial charge in [-0.2, -0.15) is 13.2 Å². The summed E-state index contributed by atoms with van der Waals surface area (Å²) in [4.78, 5) is 30.6. The first kappa shape index (κ1) is 21.8. The van der Waals surface area contributed by atoms with Crippen LogP contribution >= 0.6 is 11.3 Å². The van der Waals surface area contributed by atoms with Crippen molar-refractivity contribution in [2.75, 3.05) is 13.2 Å². The summed E-state index contributed by atoms with van der Waals surface area (Å²) in [6.45, 7) is 3.87. The first-order valence-electron chi connectivity index (χ1n) is 9.19. The van der Waals surface area contributed by atoms with E-state index >= 15 is 0 Å². The Hall–Kier alpha value is -2.88. The minimum Gasteiger partial charge on any atom is -0.491 e. The zero-order valence-corrected chi connectivity index (χ0v) is 17.2. The number of aromatic nitrogens is 2. The van der Waals surface area contributed by atoms with E-state index in [0.29, 0.717) is 10.2 Å². The Morgan fingerprint density at radius 3 is 2.73 bits per heavy atom. The van der Waals surface area contributed by atoms with Crippen molar-refractivity contribution in [3.05, 3.63) is 57.0 Å². The number of hydrogen-bond acceptors (Lipinski definition) is 5. The van der Waals surface area contributed by atoms with Gasteiger partial charge in [-0.3, -0.25) is 14.2 Å². The number of nitrogens with one attached hydrogen (secondary N) is 1. The largest absolute Gasteiger partial charge is 0.491 e. The highest BCUT2D eigenvalue weighted by molar-refractivity contribution is 7.18. The van der Waals surface area contributed by atoms with E-state index in [1.165, 1.54) is 40.4 Å². The van der Waals surface area contributed by atoms with Crippen LogP contribution in [0.15, 0.2) is 35.4 Å². The summed E-state index contributed by atoms with van der Waals surface area (Å²) < 4.78 is 45.3.